The van der Waals surface area contributed by atoms with Gasteiger partial charge in [0.25, 0.3) is 0 Å². The molecule has 98 valence electrons. The number of hydrogen-bond donors (Lipinski definition) is 1. The first-order chi connectivity index (χ1) is 8.69. The van der Waals surface area contributed by atoms with Crippen LogP contribution in [0.2, 0.25) is 0 Å². The predicted octanol–water partition coefficient (Wildman–Crippen LogP) is 2.70. The van der Waals surface area contributed by atoms with Crippen LogP contribution in [0.3, 0.4) is 0 Å². The Hall–Kier alpha value is -1.32. The van der Waals surface area contributed by atoms with Crippen molar-refractivity contribution in [2.75, 3.05) is 10.6 Å². The Morgan fingerprint density at radius 2 is 2.06 bits per heavy atom. The maximum absolute atomic E-state index is 5.95. The summed E-state index contributed by atoms with van der Waals surface area (Å²) < 4.78 is 0. The van der Waals surface area contributed by atoms with E-state index in [1.165, 1.54) is 32.1 Å². The van der Waals surface area contributed by atoms with Gasteiger partial charge in [-0.05, 0) is 39.0 Å². The van der Waals surface area contributed by atoms with Gasteiger partial charge in [0, 0.05) is 24.1 Å². The van der Waals surface area contributed by atoms with Gasteiger partial charge in [0.05, 0.1) is 0 Å². The van der Waals surface area contributed by atoms with Gasteiger partial charge in [0.15, 0.2) is 0 Å². The number of nitrogen functional groups attached to an aromatic ring is 1. The van der Waals surface area contributed by atoms with Crippen LogP contribution >= 0.6 is 0 Å². The van der Waals surface area contributed by atoms with Crippen molar-refractivity contribution < 1.29 is 0 Å². The van der Waals surface area contributed by atoms with Crippen LogP contribution in [0.5, 0.6) is 0 Å². The van der Waals surface area contributed by atoms with Crippen LogP contribution in [0.4, 0.5) is 11.6 Å². The Morgan fingerprint density at radius 1 is 1.28 bits per heavy atom. The Balaban J connectivity index is 1.94. The summed E-state index contributed by atoms with van der Waals surface area (Å²) in [5, 5.41) is 0. The van der Waals surface area contributed by atoms with Gasteiger partial charge < -0.3 is 10.6 Å². The molecular weight excluding hydrogens is 224 g/mol. The molecule has 0 spiro atoms. The standard InChI is InChI=1S/C14H22N4/c1-3-11-7-4-9(2)18(11)13-8-12(15)16-14(17-13)10-5-6-10/h8-11H,3-7H2,1-2H3,(H2,15,16,17). The Bertz CT molecular complexity index is 441. The molecule has 1 aromatic heterocycles. The van der Waals surface area contributed by atoms with Crippen molar-refractivity contribution in [1.82, 2.24) is 9.97 Å². The van der Waals surface area contributed by atoms with Crippen molar-refractivity contribution in [2.24, 2.45) is 0 Å². The minimum absolute atomic E-state index is 0.560. The molecule has 2 heterocycles. The predicted molar refractivity (Wildman–Crippen MR) is 73.7 cm³/mol. The van der Waals surface area contributed by atoms with E-state index < -0.39 is 0 Å². The van der Waals surface area contributed by atoms with E-state index in [0.717, 1.165) is 11.6 Å². The molecule has 0 bridgehead atoms. The van der Waals surface area contributed by atoms with E-state index in [2.05, 4.69) is 23.7 Å². The number of nitrogens with two attached hydrogens (primary N) is 1. The minimum Gasteiger partial charge on any atom is -0.384 e. The molecule has 0 amide bonds. The van der Waals surface area contributed by atoms with Crippen LogP contribution in [0.15, 0.2) is 6.07 Å². The molecular formula is C14H22N4. The average Bonchev–Trinajstić information content (AvgIpc) is 3.12. The molecule has 1 aliphatic carbocycles. The second-order valence-corrected chi connectivity index (χ2v) is 5.68. The molecule has 4 nitrogen and oxygen atoms in total. The summed E-state index contributed by atoms with van der Waals surface area (Å²) in [6.45, 7) is 4.53. The van der Waals surface area contributed by atoms with Gasteiger partial charge in [-0.1, -0.05) is 6.92 Å². The van der Waals surface area contributed by atoms with Gasteiger partial charge in [0.1, 0.15) is 17.5 Å². The van der Waals surface area contributed by atoms with Crippen LogP contribution in [-0.4, -0.2) is 22.1 Å². The smallest absolute Gasteiger partial charge is 0.136 e. The van der Waals surface area contributed by atoms with Crippen LogP contribution in [0.25, 0.3) is 0 Å². The van der Waals surface area contributed by atoms with Gasteiger partial charge in [-0.3, -0.25) is 0 Å². The molecule has 1 aromatic rings. The van der Waals surface area contributed by atoms with E-state index in [9.17, 15) is 0 Å². The molecule has 4 heteroatoms. The maximum Gasteiger partial charge on any atom is 0.136 e. The molecule has 2 atom stereocenters. The lowest BCUT2D eigenvalue weighted by molar-refractivity contribution is 0.618. The zero-order valence-electron chi connectivity index (χ0n) is 11.3. The van der Waals surface area contributed by atoms with Crippen molar-refractivity contribution in [3.8, 4) is 0 Å². The SMILES string of the molecule is CCC1CCC(C)N1c1cc(N)nc(C2CC2)n1. The second kappa shape index (κ2) is 4.41. The van der Waals surface area contributed by atoms with Gasteiger partial charge in [-0.2, -0.15) is 0 Å². The maximum atomic E-state index is 5.95. The highest BCUT2D eigenvalue weighted by molar-refractivity contribution is 5.50. The molecule has 2 unspecified atom stereocenters. The highest BCUT2D eigenvalue weighted by Crippen LogP contribution is 2.40. The zero-order valence-corrected chi connectivity index (χ0v) is 11.3. The summed E-state index contributed by atoms with van der Waals surface area (Å²) in [6.07, 6.45) is 6.12. The van der Waals surface area contributed by atoms with Crippen molar-refractivity contribution >= 4 is 11.6 Å². The van der Waals surface area contributed by atoms with E-state index in [-0.39, 0.29) is 0 Å². The Morgan fingerprint density at radius 3 is 2.72 bits per heavy atom. The number of rotatable bonds is 3. The van der Waals surface area contributed by atoms with Crippen molar-refractivity contribution in [1.29, 1.82) is 0 Å². The number of anilines is 2. The van der Waals surface area contributed by atoms with E-state index in [1.54, 1.807) is 0 Å². The monoisotopic (exact) mass is 246 g/mol. The third-order valence-electron chi connectivity index (χ3n) is 4.21. The van der Waals surface area contributed by atoms with E-state index in [0.29, 0.717) is 23.8 Å². The highest BCUT2D eigenvalue weighted by Gasteiger charge is 2.32. The topological polar surface area (TPSA) is 55.0 Å². The first kappa shape index (κ1) is 11.8. The van der Waals surface area contributed by atoms with E-state index >= 15 is 0 Å². The van der Waals surface area contributed by atoms with E-state index in [1.807, 2.05) is 6.07 Å². The molecule has 1 saturated heterocycles. The lowest BCUT2D eigenvalue weighted by Crippen LogP contribution is -2.35. The van der Waals surface area contributed by atoms with Gasteiger partial charge in [-0.25, -0.2) is 9.97 Å². The summed E-state index contributed by atoms with van der Waals surface area (Å²) >= 11 is 0. The van der Waals surface area contributed by atoms with Gasteiger partial charge >= 0.3 is 0 Å². The Kier molecular flexibility index (Phi) is 2.88. The third kappa shape index (κ3) is 2.04. The fourth-order valence-electron chi connectivity index (χ4n) is 3.01. The van der Waals surface area contributed by atoms with Crippen molar-refractivity contribution in [3.63, 3.8) is 0 Å². The van der Waals surface area contributed by atoms with Crippen molar-refractivity contribution in [2.45, 2.75) is 64.0 Å². The third-order valence-corrected chi connectivity index (χ3v) is 4.21. The molecule has 2 N–H and O–H groups in total. The summed E-state index contributed by atoms with van der Waals surface area (Å²) in [5.41, 5.74) is 5.95. The number of hydrogen-bond acceptors (Lipinski definition) is 4. The first-order valence-corrected chi connectivity index (χ1v) is 7.11. The summed E-state index contributed by atoms with van der Waals surface area (Å²) in [5.74, 6) is 3.18. The highest BCUT2D eigenvalue weighted by atomic mass is 15.3. The molecule has 3 rings (SSSR count). The van der Waals surface area contributed by atoms with Crippen LogP contribution < -0.4 is 10.6 Å². The quantitative estimate of drug-likeness (QED) is 0.891. The molecule has 1 saturated carbocycles. The minimum atomic E-state index is 0.560. The summed E-state index contributed by atoms with van der Waals surface area (Å²) in [6, 6.07) is 3.12. The van der Waals surface area contributed by atoms with Crippen LogP contribution in [-0.2, 0) is 0 Å². The largest absolute Gasteiger partial charge is 0.384 e. The summed E-state index contributed by atoms with van der Waals surface area (Å²) in [4.78, 5) is 11.6. The lowest BCUT2D eigenvalue weighted by Gasteiger charge is -2.29. The molecule has 18 heavy (non-hydrogen) atoms. The summed E-state index contributed by atoms with van der Waals surface area (Å²) in [7, 11) is 0. The van der Waals surface area contributed by atoms with Gasteiger partial charge in [-0.15, -0.1) is 0 Å². The fourth-order valence-corrected chi connectivity index (χ4v) is 3.01. The Labute approximate surface area is 109 Å². The zero-order chi connectivity index (χ0) is 12.7. The number of nitrogens with zero attached hydrogens (tertiary/aromatic N) is 3. The normalized spacial score (nSPS) is 27.8. The van der Waals surface area contributed by atoms with Crippen LogP contribution in [0.1, 0.15) is 57.7 Å². The van der Waals surface area contributed by atoms with Crippen molar-refractivity contribution in [3.05, 3.63) is 11.9 Å². The van der Waals surface area contributed by atoms with E-state index in [4.69, 9.17) is 10.7 Å². The molecule has 2 fully saturated rings. The molecule has 0 radical (unpaired) electrons. The van der Waals surface area contributed by atoms with Crippen LogP contribution in [0, 0.1) is 0 Å². The lowest BCUT2D eigenvalue weighted by atomic mass is 10.1. The molecule has 0 aromatic carbocycles. The second-order valence-electron chi connectivity index (χ2n) is 5.68. The molecule has 2 aliphatic rings. The molecule has 1 aliphatic heterocycles. The van der Waals surface area contributed by atoms with Gasteiger partial charge in [0.2, 0.25) is 0 Å². The fraction of sp³-hybridized carbons (Fsp3) is 0.714. The number of aromatic nitrogens is 2. The first-order valence-electron chi connectivity index (χ1n) is 7.11. The average molecular weight is 246 g/mol.